The molecule has 0 saturated carbocycles. The minimum Gasteiger partial charge on any atom is -0.346 e. The summed E-state index contributed by atoms with van der Waals surface area (Å²) in [6.07, 6.45) is 4.09. The van der Waals surface area contributed by atoms with E-state index >= 15 is 0 Å². The number of H-pyrrole nitrogens is 1. The van der Waals surface area contributed by atoms with Gasteiger partial charge in [-0.3, -0.25) is 14.9 Å². The van der Waals surface area contributed by atoms with Gasteiger partial charge in [0, 0.05) is 25.4 Å². The quantitative estimate of drug-likeness (QED) is 0.643. The van der Waals surface area contributed by atoms with Crippen LogP contribution in [0.25, 0.3) is 0 Å². The average Bonchev–Trinajstić information content (AvgIpc) is 3.02. The highest BCUT2D eigenvalue weighted by Gasteiger charge is 2.15. The highest BCUT2D eigenvalue weighted by atomic mass is 32.2. The Bertz CT molecular complexity index is 702. The van der Waals surface area contributed by atoms with Crippen LogP contribution in [0.2, 0.25) is 0 Å². The van der Waals surface area contributed by atoms with Gasteiger partial charge in [-0.05, 0) is 19.1 Å². The summed E-state index contributed by atoms with van der Waals surface area (Å²) < 4.78 is 26.2. The molecule has 0 aromatic carbocycles. The highest BCUT2D eigenvalue weighted by Crippen LogP contribution is 2.06. The molecule has 2 aromatic heterocycles. The molecular formula is C12H16N6O3S. The van der Waals surface area contributed by atoms with Crippen molar-refractivity contribution in [2.75, 3.05) is 6.54 Å². The zero-order valence-electron chi connectivity index (χ0n) is 11.9. The number of carbonyl (C=O) groups is 1. The number of pyridine rings is 1. The van der Waals surface area contributed by atoms with Gasteiger partial charge >= 0.3 is 0 Å². The van der Waals surface area contributed by atoms with E-state index in [0.717, 1.165) is 0 Å². The summed E-state index contributed by atoms with van der Waals surface area (Å²) in [5.41, 5.74) is 0. The maximum Gasteiger partial charge on any atom is 0.242 e. The van der Waals surface area contributed by atoms with Crippen LogP contribution in [-0.2, 0) is 14.8 Å². The number of carbonyl (C=O) groups excluding carboxylic acids is 1. The Labute approximate surface area is 127 Å². The summed E-state index contributed by atoms with van der Waals surface area (Å²) in [6.45, 7) is 1.74. The first kappa shape index (κ1) is 16.0. The van der Waals surface area contributed by atoms with Crippen molar-refractivity contribution in [1.82, 2.24) is 30.2 Å². The van der Waals surface area contributed by atoms with Crippen molar-refractivity contribution < 1.29 is 13.2 Å². The number of rotatable bonds is 7. The van der Waals surface area contributed by atoms with Crippen LogP contribution in [0.1, 0.15) is 25.2 Å². The van der Waals surface area contributed by atoms with E-state index in [1.807, 2.05) is 0 Å². The molecule has 0 saturated heterocycles. The summed E-state index contributed by atoms with van der Waals surface area (Å²) in [7, 11) is -3.65. The Morgan fingerprint density at radius 2 is 2.27 bits per heavy atom. The molecule has 0 fully saturated rings. The molecule has 0 spiro atoms. The van der Waals surface area contributed by atoms with Crippen LogP contribution in [0, 0.1) is 0 Å². The lowest BCUT2D eigenvalue weighted by atomic mass is 10.3. The van der Waals surface area contributed by atoms with E-state index in [-0.39, 0.29) is 29.8 Å². The highest BCUT2D eigenvalue weighted by molar-refractivity contribution is 7.89. The van der Waals surface area contributed by atoms with Crippen LogP contribution in [0.15, 0.2) is 35.7 Å². The van der Waals surface area contributed by atoms with Crippen LogP contribution >= 0.6 is 0 Å². The van der Waals surface area contributed by atoms with Gasteiger partial charge in [0.25, 0.3) is 0 Å². The number of sulfonamides is 1. The van der Waals surface area contributed by atoms with E-state index in [1.54, 1.807) is 6.92 Å². The number of aromatic nitrogens is 4. The lowest BCUT2D eigenvalue weighted by molar-refractivity contribution is -0.121. The summed E-state index contributed by atoms with van der Waals surface area (Å²) >= 11 is 0. The molecule has 0 bridgehead atoms. The molecule has 118 valence electrons. The van der Waals surface area contributed by atoms with Crippen molar-refractivity contribution in [3.63, 3.8) is 0 Å². The van der Waals surface area contributed by atoms with Crippen LogP contribution in [0.4, 0.5) is 0 Å². The third-order valence-corrected chi connectivity index (χ3v) is 4.26. The first-order valence-corrected chi connectivity index (χ1v) is 8.01. The molecule has 0 aliphatic rings. The predicted octanol–water partition coefficient (Wildman–Crippen LogP) is -0.255. The van der Waals surface area contributed by atoms with Crippen LogP contribution in [0.3, 0.4) is 0 Å². The Kier molecular flexibility index (Phi) is 5.17. The zero-order chi connectivity index (χ0) is 16.0. The van der Waals surface area contributed by atoms with Gasteiger partial charge in [0.1, 0.15) is 17.0 Å². The molecule has 10 heteroatoms. The normalized spacial score (nSPS) is 12.8. The van der Waals surface area contributed by atoms with Crippen molar-refractivity contribution in [3.05, 3.63) is 36.7 Å². The van der Waals surface area contributed by atoms with Gasteiger partial charge in [-0.1, -0.05) is 0 Å². The van der Waals surface area contributed by atoms with Crippen LogP contribution < -0.4 is 10.0 Å². The van der Waals surface area contributed by atoms with Gasteiger partial charge in [-0.15, -0.1) is 0 Å². The molecule has 1 atom stereocenters. The summed E-state index contributed by atoms with van der Waals surface area (Å²) in [4.78, 5) is 19.5. The van der Waals surface area contributed by atoms with Crippen molar-refractivity contribution in [2.45, 2.75) is 24.3 Å². The van der Waals surface area contributed by atoms with Gasteiger partial charge in [0.15, 0.2) is 0 Å². The zero-order valence-corrected chi connectivity index (χ0v) is 12.7. The van der Waals surface area contributed by atoms with E-state index in [4.69, 9.17) is 0 Å². The lowest BCUT2D eigenvalue weighted by Crippen LogP contribution is -2.32. The Hall–Kier alpha value is -2.33. The van der Waals surface area contributed by atoms with Crippen molar-refractivity contribution in [2.24, 2.45) is 0 Å². The molecule has 2 rings (SSSR count). The van der Waals surface area contributed by atoms with Gasteiger partial charge < -0.3 is 5.32 Å². The fourth-order valence-electron chi connectivity index (χ4n) is 1.69. The van der Waals surface area contributed by atoms with Crippen LogP contribution in [-0.4, -0.2) is 41.0 Å². The fourth-order valence-corrected chi connectivity index (χ4v) is 2.69. The molecule has 2 aromatic rings. The monoisotopic (exact) mass is 324 g/mol. The molecule has 9 nitrogen and oxygen atoms in total. The van der Waals surface area contributed by atoms with Gasteiger partial charge in [0.2, 0.25) is 15.9 Å². The Morgan fingerprint density at radius 3 is 2.91 bits per heavy atom. The minimum atomic E-state index is -3.65. The average molecular weight is 324 g/mol. The second kappa shape index (κ2) is 7.09. The summed E-state index contributed by atoms with van der Waals surface area (Å²) in [5.74, 6) is 0.238. The molecule has 3 N–H and O–H groups in total. The molecule has 0 radical (unpaired) electrons. The molecule has 1 unspecified atom stereocenters. The number of aromatic amines is 1. The van der Waals surface area contributed by atoms with Crippen LogP contribution in [0.5, 0.6) is 0 Å². The molecular weight excluding hydrogens is 308 g/mol. The molecule has 2 heterocycles. The van der Waals surface area contributed by atoms with E-state index in [2.05, 4.69) is 30.2 Å². The van der Waals surface area contributed by atoms with Crippen molar-refractivity contribution >= 4 is 15.9 Å². The predicted molar refractivity (Wildman–Crippen MR) is 77.0 cm³/mol. The minimum absolute atomic E-state index is 0.00775. The van der Waals surface area contributed by atoms with Gasteiger partial charge in [-0.2, -0.15) is 5.10 Å². The third kappa shape index (κ3) is 4.33. The number of hydrogen-bond acceptors (Lipinski definition) is 6. The largest absolute Gasteiger partial charge is 0.346 e. The second-order valence-electron chi connectivity index (χ2n) is 4.50. The SMILES string of the molecule is CC(NC(=O)CCNS(=O)(=O)c1cccnc1)c1ncn[nH]1. The first-order valence-electron chi connectivity index (χ1n) is 6.53. The standard InChI is InChI=1S/C12H16N6O3S/c1-9(12-14-8-15-18-12)17-11(19)4-6-16-22(20,21)10-3-2-5-13-7-10/h2-3,5,7-9,16H,4,6H2,1H3,(H,17,19)(H,14,15,18). The fraction of sp³-hybridized carbons (Fsp3) is 0.333. The smallest absolute Gasteiger partial charge is 0.242 e. The Morgan fingerprint density at radius 1 is 1.45 bits per heavy atom. The topological polar surface area (TPSA) is 130 Å². The Balaban J connectivity index is 1.80. The van der Waals surface area contributed by atoms with Gasteiger partial charge in [0.05, 0.1) is 6.04 Å². The summed E-state index contributed by atoms with van der Waals surface area (Å²) in [6, 6.07) is 2.63. The molecule has 0 aliphatic carbocycles. The number of nitrogens with zero attached hydrogens (tertiary/aromatic N) is 3. The second-order valence-corrected chi connectivity index (χ2v) is 6.26. The summed E-state index contributed by atoms with van der Waals surface area (Å²) in [5, 5.41) is 9.03. The van der Waals surface area contributed by atoms with E-state index < -0.39 is 10.0 Å². The number of amides is 1. The van der Waals surface area contributed by atoms with Gasteiger partial charge in [-0.25, -0.2) is 18.1 Å². The third-order valence-electron chi connectivity index (χ3n) is 2.81. The van der Waals surface area contributed by atoms with E-state index in [1.165, 1.54) is 30.9 Å². The maximum atomic E-state index is 11.9. The maximum absolute atomic E-state index is 11.9. The lowest BCUT2D eigenvalue weighted by Gasteiger charge is -2.11. The first-order chi connectivity index (χ1) is 10.5. The van der Waals surface area contributed by atoms with Crippen molar-refractivity contribution in [3.8, 4) is 0 Å². The molecule has 22 heavy (non-hydrogen) atoms. The van der Waals surface area contributed by atoms with E-state index in [0.29, 0.717) is 5.82 Å². The van der Waals surface area contributed by atoms with E-state index in [9.17, 15) is 13.2 Å². The molecule has 1 amide bonds. The number of nitrogens with one attached hydrogen (secondary N) is 3. The number of hydrogen-bond donors (Lipinski definition) is 3. The molecule has 0 aliphatic heterocycles. The van der Waals surface area contributed by atoms with Crippen molar-refractivity contribution in [1.29, 1.82) is 0 Å².